The first-order valence-corrected chi connectivity index (χ1v) is 6.04. The Balaban J connectivity index is 2.34. The normalized spacial score (nSPS) is 24.6. The molecule has 1 N–H and O–H groups in total. The maximum Gasteiger partial charge on any atom is 0.194 e. The van der Waals surface area contributed by atoms with Crippen molar-refractivity contribution < 1.29 is 9.90 Å². The molecular weight excluding hydrogens is 212 g/mol. The molecule has 0 bridgehead atoms. The Morgan fingerprint density at radius 1 is 1.47 bits per heavy atom. The van der Waals surface area contributed by atoms with Crippen molar-refractivity contribution in [1.29, 1.82) is 0 Å². The van der Waals surface area contributed by atoms with Crippen LogP contribution in [0.15, 0.2) is 35.9 Å². The van der Waals surface area contributed by atoms with Gasteiger partial charge in [0.1, 0.15) is 5.60 Å². The van der Waals surface area contributed by atoms with Crippen molar-refractivity contribution in [2.24, 2.45) is 0 Å². The van der Waals surface area contributed by atoms with Gasteiger partial charge in [-0.15, -0.1) is 0 Å². The minimum Gasteiger partial charge on any atom is -0.381 e. The van der Waals surface area contributed by atoms with Gasteiger partial charge in [-0.05, 0) is 32.3 Å². The van der Waals surface area contributed by atoms with E-state index in [0.717, 1.165) is 17.6 Å². The van der Waals surface area contributed by atoms with Crippen LogP contribution in [0.5, 0.6) is 0 Å². The highest BCUT2D eigenvalue weighted by Gasteiger charge is 2.40. The number of hydrogen-bond acceptors (Lipinski definition) is 2. The van der Waals surface area contributed by atoms with E-state index in [1.54, 1.807) is 0 Å². The molecule has 90 valence electrons. The Labute approximate surface area is 102 Å². The van der Waals surface area contributed by atoms with E-state index in [1.165, 1.54) is 0 Å². The van der Waals surface area contributed by atoms with E-state index in [1.807, 2.05) is 44.2 Å². The Morgan fingerprint density at radius 3 is 2.88 bits per heavy atom. The van der Waals surface area contributed by atoms with Gasteiger partial charge in [-0.1, -0.05) is 35.9 Å². The first-order chi connectivity index (χ1) is 8.07. The smallest absolute Gasteiger partial charge is 0.194 e. The number of Topliss-reactive ketones (excluding diaryl/α,β-unsaturated/α-hetero) is 1. The Hall–Kier alpha value is -1.41. The van der Waals surface area contributed by atoms with Crippen LogP contribution in [0.1, 0.15) is 42.6 Å². The average molecular weight is 230 g/mol. The van der Waals surface area contributed by atoms with E-state index in [0.29, 0.717) is 18.4 Å². The molecule has 0 saturated carbocycles. The number of benzene rings is 1. The molecule has 1 aliphatic rings. The second kappa shape index (κ2) is 4.46. The summed E-state index contributed by atoms with van der Waals surface area (Å²) in [6.45, 7) is 3.88. The predicted octanol–water partition coefficient (Wildman–Crippen LogP) is 2.90. The summed E-state index contributed by atoms with van der Waals surface area (Å²) in [5.41, 5.74) is 1.59. The minimum atomic E-state index is -1.20. The second-order valence-electron chi connectivity index (χ2n) is 4.83. The molecule has 1 aromatic rings. The number of allylic oxidation sites excluding steroid dienone is 1. The lowest BCUT2D eigenvalue weighted by Gasteiger charge is -2.32. The summed E-state index contributed by atoms with van der Waals surface area (Å²) in [4.78, 5) is 12.3. The maximum atomic E-state index is 12.3. The van der Waals surface area contributed by atoms with Gasteiger partial charge in [0.15, 0.2) is 5.78 Å². The van der Waals surface area contributed by atoms with E-state index in [4.69, 9.17) is 0 Å². The number of carbonyl (C=O) groups excluding carboxylic acids is 1. The van der Waals surface area contributed by atoms with Gasteiger partial charge in [0.2, 0.25) is 0 Å². The zero-order valence-electron chi connectivity index (χ0n) is 10.4. The molecule has 0 radical (unpaired) electrons. The summed E-state index contributed by atoms with van der Waals surface area (Å²) in [6.07, 6.45) is 3.69. The zero-order valence-corrected chi connectivity index (χ0v) is 10.4. The third kappa shape index (κ3) is 2.18. The summed E-state index contributed by atoms with van der Waals surface area (Å²) in [6, 6.07) is 7.57. The summed E-state index contributed by atoms with van der Waals surface area (Å²) in [5, 5.41) is 10.5. The predicted molar refractivity (Wildman–Crippen MR) is 68.1 cm³/mol. The van der Waals surface area contributed by atoms with Gasteiger partial charge < -0.3 is 5.11 Å². The van der Waals surface area contributed by atoms with Crippen LogP contribution in [0, 0.1) is 0 Å². The lowest BCUT2D eigenvalue weighted by Crippen LogP contribution is -2.42. The van der Waals surface area contributed by atoms with E-state index in [9.17, 15) is 9.90 Å². The van der Waals surface area contributed by atoms with Crippen LogP contribution >= 0.6 is 0 Å². The van der Waals surface area contributed by atoms with Gasteiger partial charge >= 0.3 is 0 Å². The van der Waals surface area contributed by atoms with E-state index >= 15 is 0 Å². The van der Waals surface area contributed by atoms with Crippen molar-refractivity contribution >= 4 is 5.78 Å². The van der Waals surface area contributed by atoms with Crippen LogP contribution in [0.3, 0.4) is 0 Å². The van der Waals surface area contributed by atoms with Crippen molar-refractivity contribution in [2.45, 2.75) is 38.7 Å². The molecular formula is C15H18O2. The highest BCUT2D eigenvalue weighted by molar-refractivity contribution is 6.04. The number of hydrogen-bond donors (Lipinski definition) is 1. The molecule has 0 unspecified atom stereocenters. The number of carbonyl (C=O) groups is 1. The van der Waals surface area contributed by atoms with Crippen LogP contribution < -0.4 is 0 Å². The highest BCUT2D eigenvalue weighted by Crippen LogP contribution is 2.32. The monoisotopic (exact) mass is 230 g/mol. The summed E-state index contributed by atoms with van der Waals surface area (Å²) < 4.78 is 0. The quantitative estimate of drug-likeness (QED) is 0.793. The molecule has 2 nitrogen and oxygen atoms in total. The van der Waals surface area contributed by atoms with Gasteiger partial charge in [-0.2, -0.15) is 0 Å². The third-order valence-electron chi connectivity index (χ3n) is 3.56. The van der Waals surface area contributed by atoms with Crippen molar-refractivity contribution in [3.63, 3.8) is 0 Å². The van der Waals surface area contributed by atoms with Crippen LogP contribution in [0.4, 0.5) is 0 Å². The molecule has 1 aromatic carbocycles. The van der Waals surface area contributed by atoms with Gasteiger partial charge in [0, 0.05) is 12.0 Å². The molecule has 1 atom stereocenters. The fourth-order valence-corrected chi connectivity index (χ4v) is 2.40. The number of fused-ring (bicyclic) bond motifs is 1. The second-order valence-corrected chi connectivity index (χ2v) is 4.83. The SMILES string of the molecule is C/C=C(\C)C[C@]1(O)CCc2ccccc2C1=O. The Kier molecular flexibility index (Phi) is 3.16. The molecule has 0 aliphatic heterocycles. The van der Waals surface area contributed by atoms with Gasteiger partial charge in [-0.3, -0.25) is 4.79 Å². The summed E-state index contributed by atoms with van der Waals surface area (Å²) >= 11 is 0. The van der Waals surface area contributed by atoms with E-state index < -0.39 is 5.60 Å². The molecule has 0 aromatic heterocycles. The standard InChI is InChI=1S/C15H18O2/c1-3-11(2)10-15(17)9-8-12-6-4-5-7-13(12)14(15)16/h3-7,17H,8-10H2,1-2H3/b11-3+/t15-/m1/s1. The Morgan fingerprint density at radius 2 is 2.18 bits per heavy atom. The highest BCUT2D eigenvalue weighted by atomic mass is 16.3. The van der Waals surface area contributed by atoms with Crippen molar-refractivity contribution in [1.82, 2.24) is 0 Å². The molecule has 0 spiro atoms. The topological polar surface area (TPSA) is 37.3 Å². The molecule has 0 fully saturated rings. The largest absolute Gasteiger partial charge is 0.381 e. The van der Waals surface area contributed by atoms with Crippen LogP contribution in [0.25, 0.3) is 0 Å². The van der Waals surface area contributed by atoms with Crippen LogP contribution in [0.2, 0.25) is 0 Å². The number of ketones is 1. The maximum absolute atomic E-state index is 12.3. The molecule has 0 amide bonds. The molecule has 17 heavy (non-hydrogen) atoms. The van der Waals surface area contributed by atoms with Crippen molar-refractivity contribution in [3.8, 4) is 0 Å². The van der Waals surface area contributed by atoms with E-state index in [-0.39, 0.29) is 5.78 Å². The lowest BCUT2D eigenvalue weighted by molar-refractivity contribution is 0.0246. The molecule has 1 aliphatic carbocycles. The van der Waals surface area contributed by atoms with Crippen molar-refractivity contribution in [2.75, 3.05) is 0 Å². The fraction of sp³-hybridized carbons (Fsp3) is 0.400. The number of aliphatic hydroxyl groups is 1. The number of aryl methyl sites for hydroxylation is 1. The van der Waals surface area contributed by atoms with Crippen molar-refractivity contribution in [3.05, 3.63) is 47.0 Å². The summed E-state index contributed by atoms with van der Waals surface area (Å²) in [5.74, 6) is -0.124. The van der Waals surface area contributed by atoms with Crippen LogP contribution in [-0.4, -0.2) is 16.5 Å². The first kappa shape index (κ1) is 12.1. The lowest BCUT2D eigenvalue weighted by atomic mass is 9.76. The molecule has 2 heteroatoms. The minimum absolute atomic E-state index is 0.124. The number of rotatable bonds is 2. The van der Waals surface area contributed by atoms with Gasteiger partial charge in [0.25, 0.3) is 0 Å². The van der Waals surface area contributed by atoms with Crippen LogP contribution in [-0.2, 0) is 6.42 Å². The molecule has 0 heterocycles. The zero-order chi connectivity index (χ0) is 12.5. The fourth-order valence-electron chi connectivity index (χ4n) is 2.40. The summed E-state index contributed by atoms with van der Waals surface area (Å²) in [7, 11) is 0. The van der Waals surface area contributed by atoms with E-state index in [2.05, 4.69) is 0 Å². The van der Waals surface area contributed by atoms with Gasteiger partial charge in [-0.25, -0.2) is 0 Å². The average Bonchev–Trinajstić information content (AvgIpc) is 2.34. The Bertz CT molecular complexity index is 474. The van der Waals surface area contributed by atoms with Gasteiger partial charge in [0.05, 0.1) is 0 Å². The molecule has 2 rings (SSSR count). The molecule has 0 saturated heterocycles. The first-order valence-electron chi connectivity index (χ1n) is 6.04. The third-order valence-corrected chi connectivity index (χ3v) is 3.56.